The van der Waals surface area contributed by atoms with Crippen LogP contribution in [0.5, 0.6) is 0 Å². The van der Waals surface area contributed by atoms with Gasteiger partial charge in [0, 0.05) is 6.42 Å². The molecule has 0 aromatic carbocycles. The Kier molecular flexibility index (Phi) is 4.43. The third kappa shape index (κ3) is 4.20. The molecule has 0 aromatic heterocycles. The molecule has 0 bridgehead atoms. The maximum absolute atomic E-state index is 3.86. The van der Waals surface area contributed by atoms with Crippen LogP contribution in [0, 0.1) is 0 Å². The second-order valence-corrected chi connectivity index (χ2v) is 4.06. The number of hydrogen-bond donors (Lipinski definition) is 0. The molecule has 0 radical (unpaired) electrons. The van der Waals surface area contributed by atoms with Crippen LogP contribution in [-0.4, -0.2) is 31.7 Å². The second kappa shape index (κ2) is 4.55. The first-order valence-corrected chi connectivity index (χ1v) is 4.46. The van der Waals surface area contributed by atoms with Gasteiger partial charge in [-0.25, -0.2) is 0 Å². The SMILES string of the molecule is C=CC(CCCC)[N+](C)(C)C. The fourth-order valence-corrected chi connectivity index (χ4v) is 1.23. The van der Waals surface area contributed by atoms with Gasteiger partial charge in [0.2, 0.25) is 0 Å². The summed E-state index contributed by atoms with van der Waals surface area (Å²) in [5.41, 5.74) is 0. The molecule has 0 aliphatic carbocycles. The lowest BCUT2D eigenvalue weighted by atomic mass is 10.1. The van der Waals surface area contributed by atoms with E-state index in [1.165, 1.54) is 19.3 Å². The zero-order valence-electron chi connectivity index (χ0n) is 8.43. The smallest absolute Gasteiger partial charge is 0.107 e. The van der Waals surface area contributed by atoms with E-state index >= 15 is 0 Å². The van der Waals surface area contributed by atoms with Gasteiger partial charge < -0.3 is 4.48 Å². The molecule has 66 valence electrons. The van der Waals surface area contributed by atoms with Crippen molar-refractivity contribution in [1.82, 2.24) is 0 Å². The highest BCUT2D eigenvalue weighted by molar-refractivity contribution is 4.79. The van der Waals surface area contributed by atoms with Crippen LogP contribution in [0.3, 0.4) is 0 Å². The normalized spacial score (nSPS) is 14.5. The summed E-state index contributed by atoms with van der Waals surface area (Å²) in [5, 5.41) is 0. The quantitative estimate of drug-likeness (QED) is 0.423. The summed E-state index contributed by atoms with van der Waals surface area (Å²) in [4.78, 5) is 0. The predicted molar refractivity (Wildman–Crippen MR) is 51.5 cm³/mol. The van der Waals surface area contributed by atoms with E-state index < -0.39 is 0 Å². The maximum Gasteiger partial charge on any atom is 0.107 e. The van der Waals surface area contributed by atoms with Crippen LogP contribution in [0.4, 0.5) is 0 Å². The monoisotopic (exact) mass is 156 g/mol. The van der Waals surface area contributed by atoms with Crippen LogP contribution in [0.1, 0.15) is 26.2 Å². The Hall–Kier alpha value is -0.300. The van der Waals surface area contributed by atoms with Crippen LogP contribution in [0.15, 0.2) is 12.7 Å². The van der Waals surface area contributed by atoms with Crippen molar-refractivity contribution >= 4 is 0 Å². The highest BCUT2D eigenvalue weighted by Gasteiger charge is 2.18. The minimum atomic E-state index is 0.620. The first-order chi connectivity index (χ1) is 5.02. The third-order valence-electron chi connectivity index (χ3n) is 2.12. The summed E-state index contributed by atoms with van der Waals surface area (Å²) in [6.07, 6.45) is 5.94. The molecule has 1 unspecified atom stereocenters. The molecular formula is C10H22N+. The molecule has 11 heavy (non-hydrogen) atoms. The van der Waals surface area contributed by atoms with Gasteiger partial charge in [-0.15, -0.1) is 0 Å². The minimum absolute atomic E-state index is 0.620. The molecule has 0 heterocycles. The standard InChI is InChI=1S/C10H22N/c1-6-8-9-10(7-2)11(3,4)5/h7,10H,2,6,8-9H2,1,3-5H3/q+1. The number of quaternary nitrogens is 1. The van der Waals surface area contributed by atoms with Gasteiger partial charge in [-0.05, 0) is 12.5 Å². The van der Waals surface area contributed by atoms with E-state index in [2.05, 4.69) is 40.7 Å². The van der Waals surface area contributed by atoms with Crippen LogP contribution in [0.2, 0.25) is 0 Å². The van der Waals surface area contributed by atoms with Crippen molar-refractivity contribution in [1.29, 1.82) is 0 Å². The fourth-order valence-electron chi connectivity index (χ4n) is 1.23. The molecule has 0 spiro atoms. The molecule has 1 atom stereocenters. The summed E-state index contributed by atoms with van der Waals surface area (Å²) >= 11 is 0. The maximum atomic E-state index is 3.86. The largest absolute Gasteiger partial charge is 0.325 e. The first kappa shape index (κ1) is 10.7. The fraction of sp³-hybridized carbons (Fsp3) is 0.800. The van der Waals surface area contributed by atoms with Gasteiger partial charge >= 0.3 is 0 Å². The molecule has 1 heteroatoms. The van der Waals surface area contributed by atoms with Crippen LogP contribution in [0.25, 0.3) is 0 Å². The molecule has 0 fully saturated rings. The van der Waals surface area contributed by atoms with Gasteiger partial charge in [0.1, 0.15) is 6.04 Å². The highest BCUT2D eigenvalue weighted by atomic mass is 15.3. The molecule has 0 N–H and O–H groups in total. The van der Waals surface area contributed by atoms with Gasteiger partial charge in [0.25, 0.3) is 0 Å². The topological polar surface area (TPSA) is 0 Å². The molecule has 0 aliphatic rings. The number of rotatable bonds is 5. The van der Waals surface area contributed by atoms with Gasteiger partial charge in [-0.3, -0.25) is 0 Å². The molecule has 0 saturated heterocycles. The molecular weight excluding hydrogens is 134 g/mol. The lowest BCUT2D eigenvalue weighted by Gasteiger charge is -2.32. The molecule has 0 saturated carbocycles. The van der Waals surface area contributed by atoms with E-state index in [1.54, 1.807) is 0 Å². The predicted octanol–water partition coefficient (Wildman–Crippen LogP) is 2.44. The van der Waals surface area contributed by atoms with E-state index in [4.69, 9.17) is 0 Å². The lowest BCUT2D eigenvalue weighted by molar-refractivity contribution is -0.889. The van der Waals surface area contributed by atoms with Gasteiger partial charge in [-0.1, -0.05) is 19.9 Å². The van der Waals surface area contributed by atoms with Gasteiger partial charge in [-0.2, -0.15) is 0 Å². The van der Waals surface area contributed by atoms with E-state index in [9.17, 15) is 0 Å². The molecule has 0 aliphatic heterocycles. The molecule has 1 nitrogen and oxygen atoms in total. The van der Waals surface area contributed by atoms with Crippen LogP contribution in [-0.2, 0) is 0 Å². The Morgan fingerprint density at radius 1 is 1.36 bits per heavy atom. The summed E-state index contributed by atoms with van der Waals surface area (Å²) in [6, 6.07) is 0.620. The third-order valence-corrected chi connectivity index (χ3v) is 2.12. The van der Waals surface area contributed by atoms with Crippen molar-refractivity contribution in [2.24, 2.45) is 0 Å². The average Bonchev–Trinajstić information content (AvgIpc) is 1.87. The van der Waals surface area contributed by atoms with Gasteiger partial charge in [0.05, 0.1) is 21.1 Å². The van der Waals surface area contributed by atoms with E-state index in [0.717, 1.165) is 4.48 Å². The van der Waals surface area contributed by atoms with E-state index in [0.29, 0.717) is 6.04 Å². The van der Waals surface area contributed by atoms with Crippen molar-refractivity contribution in [3.05, 3.63) is 12.7 Å². The lowest BCUT2D eigenvalue weighted by Crippen LogP contribution is -2.43. The molecule has 0 aromatic rings. The minimum Gasteiger partial charge on any atom is -0.325 e. The van der Waals surface area contributed by atoms with E-state index in [1.807, 2.05) is 0 Å². The Morgan fingerprint density at radius 3 is 2.18 bits per heavy atom. The number of nitrogens with zero attached hydrogens (tertiary/aromatic N) is 1. The van der Waals surface area contributed by atoms with Crippen molar-refractivity contribution in [2.75, 3.05) is 21.1 Å². The zero-order chi connectivity index (χ0) is 8.91. The Labute approximate surface area is 71.3 Å². The molecule has 0 amide bonds. The number of likely N-dealkylation sites (N-methyl/N-ethyl adjacent to an activating group) is 1. The molecule has 0 rings (SSSR count). The van der Waals surface area contributed by atoms with Crippen molar-refractivity contribution in [3.63, 3.8) is 0 Å². The first-order valence-electron chi connectivity index (χ1n) is 4.46. The highest BCUT2D eigenvalue weighted by Crippen LogP contribution is 2.11. The Balaban J connectivity index is 3.86. The number of unbranched alkanes of at least 4 members (excludes halogenated alkanes) is 1. The summed E-state index contributed by atoms with van der Waals surface area (Å²) in [6.45, 7) is 6.10. The number of hydrogen-bond acceptors (Lipinski definition) is 0. The van der Waals surface area contributed by atoms with Crippen LogP contribution < -0.4 is 0 Å². The summed E-state index contributed by atoms with van der Waals surface area (Å²) in [7, 11) is 6.67. The van der Waals surface area contributed by atoms with Crippen molar-refractivity contribution in [2.45, 2.75) is 32.2 Å². The van der Waals surface area contributed by atoms with Gasteiger partial charge in [0.15, 0.2) is 0 Å². The Bertz CT molecular complexity index is 111. The summed E-state index contributed by atoms with van der Waals surface area (Å²) < 4.78 is 1.00. The van der Waals surface area contributed by atoms with Crippen molar-refractivity contribution < 1.29 is 4.48 Å². The zero-order valence-corrected chi connectivity index (χ0v) is 8.43. The van der Waals surface area contributed by atoms with Crippen LogP contribution >= 0.6 is 0 Å². The average molecular weight is 156 g/mol. The van der Waals surface area contributed by atoms with Crippen molar-refractivity contribution in [3.8, 4) is 0 Å². The second-order valence-electron chi connectivity index (χ2n) is 4.06. The summed E-state index contributed by atoms with van der Waals surface area (Å²) in [5.74, 6) is 0. The van der Waals surface area contributed by atoms with E-state index in [-0.39, 0.29) is 0 Å². The Morgan fingerprint density at radius 2 is 1.91 bits per heavy atom.